The SMILES string of the molecule is N#Cc1ccc(S(=O)(=O)Cl)c(F)c1C(F)(F)F. The van der Waals surface area contributed by atoms with Crippen molar-refractivity contribution in [3.63, 3.8) is 0 Å². The van der Waals surface area contributed by atoms with E-state index in [1.165, 1.54) is 0 Å². The first-order valence-electron chi connectivity index (χ1n) is 3.83. The largest absolute Gasteiger partial charge is 0.420 e. The first kappa shape index (κ1) is 13.7. The summed E-state index contributed by atoms with van der Waals surface area (Å²) in [5.74, 6) is -2.08. The molecule has 3 nitrogen and oxygen atoms in total. The molecule has 0 unspecified atom stereocenters. The van der Waals surface area contributed by atoms with Gasteiger partial charge < -0.3 is 0 Å². The number of hydrogen-bond acceptors (Lipinski definition) is 3. The van der Waals surface area contributed by atoms with Gasteiger partial charge in [0.1, 0.15) is 10.5 Å². The molecule has 0 aliphatic carbocycles. The van der Waals surface area contributed by atoms with Gasteiger partial charge in [0.15, 0.2) is 5.82 Å². The molecular weight excluding hydrogens is 286 g/mol. The maximum absolute atomic E-state index is 13.4. The summed E-state index contributed by atoms with van der Waals surface area (Å²) in [6, 6.07) is 2.17. The number of halogens is 5. The van der Waals surface area contributed by atoms with E-state index in [0.29, 0.717) is 12.1 Å². The molecule has 1 aromatic rings. The van der Waals surface area contributed by atoms with Gasteiger partial charge in [-0.15, -0.1) is 0 Å². The first-order valence-corrected chi connectivity index (χ1v) is 6.14. The third-order valence-electron chi connectivity index (χ3n) is 1.77. The molecule has 1 aromatic carbocycles. The van der Waals surface area contributed by atoms with Crippen molar-refractivity contribution in [1.29, 1.82) is 5.26 Å². The van der Waals surface area contributed by atoms with E-state index < -0.39 is 37.1 Å². The quantitative estimate of drug-likeness (QED) is 0.589. The van der Waals surface area contributed by atoms with Crippen molar-refractivity contribution in [3.05, 3.63) is 29.1 Å². The fraction of sp³-hybridized carbons (Fsp3) is 0.125. The summed E-state index contributed by atoms with van der Waals surface area (Å²) in [5, 5.41) is 8.40. The maximum atomic E-state index is 13.4. The fourth-order valence-electron chi connectivity index (χ4n) is 1.12. The summed E-state index contributed by atoms with van der Waals surface area (Å²) in [6.07, 6.45) is -5.19. The molecule has 0 spiro atoms. The Hall–Kier alpha value is -1.33. The summed E-state index contributed by atoms with van der Waals surface area (Å²) in [7, 11) is 0.110. The van der Waals surface area contributed by atoms with Crippen LogP contribution in [-0.4, -0.2) is 8.42 Å². The third kappa shape index (κ3) is 2.68. The van der Waals surface area contributed by atoms with E-state index in [-0.39, 0.29) is 0 Å². The predicted octanol–water partition coefficient (Wildman–Crippen LogP) is 2.64. The lowest BCUT2D eigenvalue weighted by molar-refractivity contribution is -0.140. The Labute approximate surface area is 97.6 Å². The molecule has 0 saturated carbocycles. The minimum atomic E-state index is -5.19. The van der Waals surface area contributed by atoms with Crippen molar-refractivity contribution in [2.75, 3.05) is 0 Å². The van der Waals surface area contributed by atoms with Crippen LogP contribution >= 0.6 is 10.7 Å². The highest BCUT2D eigenvalue weighted by Gasteiger charge is 2.39. The van der Waals surface area contributed by atoms with Gasteiger partial charge >= 0.3 is 6.18 Å². The molecule has 0 fully saturated rings. The Balaban J connectivity index is 3.75. The number of nitriles is 1. The second-order valence-corrected chi connectivity index (χ2v) is 5.38. The summed E-state index contributed by atoms with van der Waals surface area (Å²) < 4.78 is 72.3. The van der Waals surface area contributed by atoms with Crippen LogP contribution in [0.2, 0.25) is 0 Å². The van der Waals surface area contributed by atoms with E-state index in [0.717, 1.165) is 6.07 Å². The molecule has 0 heterocycles. The second-order valence-electron chi connectivity index (χ2n) is 2.85. The molecule has 0 aliphatic heterocycles. The highest BCUT2D eigenvalue weighted by atomic mass is 35.7. The van der Waals surface area contributed by atoms with Crippen molar-refractivity contribution in [2.24, 2.45) is 0 Å². The molecule has 0 bridgehead atoms. The van der Waals surface area contributed by atoms with Crippen LogP contribution in [0.15, 0.2) is 17.0 Å². The van der Waals surface area contributed by atoms with Gasteiger partial charge in [0, 0.05) is 10.7 Å². The highest BCUT2D eigenvalue weighted by molar-refractivity contribution is 8.13. The topological polar surface area (TPSA) is 57.9 Å². The van der Waals surface area contributed by atoms with Crippen LogP contribution in [0, 0.1) is 17.1 Å². The standard InChI is InChI=1S/C8H2ClF4NO2S/c9-17(15,16)5-2-1-4(3-14)6(7(5)10)8(11,12)13/h1-2H. The molecule has 92 valence electrons. The van der Waals surface area contributed by atoms with E-state index >= 15 is 0 Å². The summed E-state index contributed by atoms with van der Waals surface area (Å²) >= 11 is 0. The minimum Gasteiger partial charge on any atom is -0.207 e. The molecule has 0 radical (unpaired) electrons. The Morgan fingerprint density at radius 2 is 1.82 bits per heavy atom. The van der Waals surface area contributed by atoms with E-state index in [4.69, 9.17) is 15.9 Å². The van der Waals surface area contributed by atoms with E-state index in [1.807, 2.05) is 0 Å². The average molecular weight is 288 g/mol. The normalized spacial score (nSPS) is 12.2. The molecular formula is C8H2ClF4NO2S. The molecule has 0 N–H and O–H groups in total. The van der Waals surface area contributed by atoms with Crippen molar-refractivity contribution in [3.8, 4) is 6.07 Å². The zero-order valence-corrected chi connectivity index (χ0v) is 9.29. The second kappa shape index (κ2) is 4.16. The highest BCUT2D eigenvalue weighted by Crippen LogP contribution is 2.36. The molecule has 0 aromatic heterocycles. The number of hydrogen-bond donors (Lipinski definition) is 0. The van der Waals surface area contributed by atoms with Crippen LogP contribution in [0.5, 0.6) is 0 Å². The lowest BCUT2D eigenvalue weighted by atomic mass is 10.1. The number of nitrogens with zero attached hydrogens (tertiary/aromatic N) is 1. The molecule has 0 aliphatic rings. The molecule has 9 heteroatoms. The van der Waals surface area contributed by atoms with Crippen molar-refractivity contribution in [2.45, 2.75) is 11.1 Å². The fourth-order valence-corrected chi connectivity index (χ4v) is 2.02. The summed E-state index contributed by atoms with van der Waals surface area (Å²) in [6.45, 7) is 0. The van der Waals surface area contributed by atoms with Crippen molar-refractivity contribution >= 4 is 19.7 Å². The summed E-state index contributed by atoms with van der Waals surface area (Å²) in [5.41, 5.74) is -2.96. The van der Waals surface area contributed by atoms with Crippen LogP contribution < -0.4 is 0 Å². The zero-order chi connectivity index (χ0) is 13.4. The van der Waals surface area contributed by atoms with Gasteiger partial charge in [0.2, 0.25) is 0 Å². The average Bonchev–Trinajstić information content (AvgIpc) is 2.12. The molecule has 0 atom stereocenters. The van der Waals surface area contributed by atoms with Gasteiger partial charge in [0.05, 0.1) is 11.6 Å². The summed E-state index contributed by atoms with van der Waals surface area (Å²) in [4.78, 5) is -1.31. The molecule has 0 amide bonds. The molecule has 0 saturated heterocycles. The van der Waals surface area contributed by atoms with Gasteiger partial charge in [-0.2, -0.15) is 18.4 Å². The van der Waals surface area contributed by atoms with Crippen LogP contribution in [0.1, 0.15) is 11.1 Å². The van der Waals surface area contributed by atoms with Crippen LogP contribution in [-0.2, 0) is 15.2 Å². The number of rotatable bonds is 1. The van der Waals surface area contributed by atoms with E-state index in [2.05, 4.69) is 0 Å². The van der Waals surface area contributed by atoms with E-state index in [1.54, 1.807) is 0 Å². The van der Waals surface area contributed by atoms with Gasteiger partial charge in [0.25, 0.3) is 9.05 Å². The van der Waals surface area contributed by atoms with E-state index in [9.17, 15) is 26.0 Å². The smallest absolute Gasteiger partial charge is 0.207 e. The lowest BCUT2D eigenvalue weighted by Gasteiger charge is -2.11. The van der Waals surface area contributed by atoms with Gasteiger partial charge in [-0.3, -0.25) is 0 Å². The minimum absolute atomic E-state index is 0.505. The van der Waals surface area contributed by atoms with Crippen molar-refractivity contribution < 1.29 is 26.0 Å². The van der Waals surface area contributed by atoms with Gasteiger partial charge in [-0.05, 0) is 12.1 Å². The monoisotopic (exact) mass is 287 g/mol. The predicted molar refractivity (Wildman–Crippen MR) is 49.2 cm³/mol. The lowest BCUT2D eigenvalue weighted by Crippen LogP contribution is -2.13. The number of benzene rings is 1. The zero-order valence-electron chi connectivity index (χ0n) is 7.72. The van der Waals surface area contributed by atoms with Crippen LogP contribution in [0.25, 0.3) is 0 Å². The Bertz CT molecular complexity index is 603. The Morgan fingerprint density at radius 3 is 2.18 bits per heavy atom. The van der Waals surface area contributed by atoms with Crippen LogP contribution in [0.4, 0.5) is 17.6 Å². The molecule has 1 rings (SSSR count). The Morgan fingerprint density at radius 1 is 1.29 bits per heavy atom. The van der Waals surface area contributed by atoms with Gasteiger partial charge in [-0.25, -0.2) is 12.8 Å². The third-order valence-corrected chi connectivity index (χ3v) is 3.11. The first-order chi connectivity index (χ1) is 7.59. The maximum Gasteiger partial charge on any atom is 0.420 e. The number of alkyl halides is 3. The van der Waals surface area contributed by atoms with Crippen LogP contribution in [0.3, 0.4) is 0 Å². The van der Waals surface area contributed by atoms with Crippen molar-refractivity contribution in [1.82, 2.24) is 0 Å². The Kier molecular flexibility index (Phi) is 3.36. The van der Waals surface area contributed by atoms with Gasteiger partial charge in [-0.1, -0.05) is 0 Å². The molecule has 17 heavy (non-hydrogen) atoms.